The number of halogens is 2. The Balaban J connectivity index is 2.22. The van der Waals surface area contributed by atoms with Crippen molar-refractivity contribution in [1.82, 2.24) is 0 Å². The van der Waals surface area contributed by atoms with Crippen molar-refractivity contribution in [1.29, 1.82) is 0 Å². The molecule has 2 nitrogen and oxygen atoms in total. The Kier molecular flexibility index (Phi) is 3.22. The van der Waals surface area contributed by atoms with Gasteiger partial charge in [-0.2, -0.15) is 8.78 Å². The average molecular weight is 192 g/mol. The monoisotopic (exact) mass is 192 g/mol. The first-order valence-corrected chi connectivity index (χ1v) is 4.55. The molecule has 0 saturated heterocycles. The van der Waals surface area contributed by atoms with Crippen LogP contribution in [-0.4, -0.2) is 18.5 Å². The van der Waals surface area contributed by atoms with Crippen LogP contribution in [0.4, 0.5) is 8.78 Å². The SMILES string of the molecule is CC(F)(F)C(=O)OCC1CCCC1. The molecule has 1 rings (SSSR count). The van der Waals surface area contributed by atoms with E-state index in [1.807, 2.05) is 0 Å². The number of alkyl halides is 2. The number of rotatable bonds is 3. The quantitative estimate of drug-likeness (QED) is 0.642. The Morgan fingerprint density at radius 3 is 2.46 bits per heavy atom. The van der Waals surface area contributed by atoms with Crippen LogP contribution >= 0.6 is 0 Å². The van der Waals surface area contributed by atoms with Crippen molar-refractivity contribution >= 4 is 5.97 Å². The molecule has 0 amide bonds. The van der Waals surface area contributed by atoms with Gasteiger partial charge in [0.2, 0.25) is 0 Å². The molecule has 0 bridgehead atoms. The minimum absolute atomic E-state index is 0.155. The molecule has 76 valence electrons. The molecule has 0 spiro atoms. The summed E-state index contributed by atoms with van der Waals surface area (Å²) in [6, 6.07) is 0. The maximum Gasteiger partial charge on any atom is 0.376 e. The summed E-state index contributed by atoms with van der Waals surface area (Å²) in [6.07, 6.45) is 4.21. The van der Waals surface area contributed by atoms with Crippen molar-refractivity contribution in [3.8, 4) is 0 Å². The molecular formula is C9H14F2O2. The second-order valence-electron chi connectivity index (χ2n) is 3.64. The van der Waals surface area contributed by atoms with Crippen LogP contribution in [0.2, 0.25) is 0 Å². The van der Waals surface area contributed by atoms with Crippen LogP contribution in [0.5, 0.6) is 0 Å². The average Bonchev–Trinajstić information content (AvgIpc) is 2.50. The molecule has 0 heterocycles. The lowest BCUT2D eigenvalue weighted by Crippen LogP contribution is -2.28. The molecule has 0 radical (unpaired) electrons. The van der Waals surface area contributed by atoms with Gasteiger partial charge in [0, 0.05) is 6.92 Å². The number of hydrogen-bond donors (Lipinski definition) is 0. The van der Waals surface area contributed by atoms with Crippen LogP contribution in [-0.2, 0) is 9.53 Å². The third-order valence-electron chi connectivity index (χ3n) is 2.28. The summed E-state index contributed by atoms with van der Waals surface area (Å²) in [5.74, 6) is -4.45. The van der Waals surface area contributed by atoms with Crippen LogP contribution in [0, 0.1) is 5.92 Å². The molecule has 0 unspecified atom stereocenters. The molecular weight excluding hydrogens is 178 g/mol. The highest BCUT2D eigenvalue weighted by Gasteiger charge is 2.34. The second kappa shape index (κ2) is 4.03. The lowest BCUT2D eigenvalue weighted by molar-refractivity contribution is -0.170. The predicted octanol–water partition coefficient (Wildman–Crippen LogP) is 2.38. The topological polar surface area (TPSA) is 26.3 Å². The van der Waals surface area contributed by atoms with E-state index in [1.165, 1.54) is 0 Å². The van der Waals surface area contributed by atoms with Crippen molar-refractivity contribution < 1.29 is 18.3 Å². The van der Waals surface area contributed by atoms with Crippen molar-refractivity contribution in [2.24, 2.45) is 5.92 Å². The minimum Gasteiger partial charge on any atom is -0.461 e. The molecule has 1 aliphatic carbocycles. The van der Waals surface area contributed by atoms with Gasteiger partial charge in [0.1, 0.15) is 0 Å². The van der Waals surface area contributed by atoms with Crippen molar-refractivity contribution in [3.05, 3.63) is 0 Å². The van der Waals surface area contributed by atoms with E-state index < -0.39 is 11.9 Å². The lowest BCUT2D eigenvalue weighted by atomic mass is 10.1. The van der Waals surface area contributed by atoms with Gasteiger partial charge in [-0.05, 0) is 18.8 Å². The molecule has 0 aromatic carbocycles. The maximum absolute atomic E-state index is 12.3. The molecule has 1 fully saturated rings. The largest absolute Gasteiger partial charge is 0.461 e. The lowest BCUT2D eigenvalue weighted by Gasteiger charge is -2.13. The Morgan fingerprint density at radius 1 is 1.46 bits per heavy atom. The summed E-state index contributed by atoms with van der Waals surface area (Å²) in [5.41, 5.74) is 0. The summed E-state index contributed by atoms with van der Waals surface area (Å²) in [4.78, 5) is 10.6. The molecule has 0 aromatic rings. The molecule has 0 N–H and O–H groups in total. The van der Waals surface area contributed by atoms with E-state index in [1.54, 1.807) is 0 Å². The summed E-state index contributed by atoms with van der Waals surface area (Å²) in [5, 5.41) is 0. The van der Waals surface area contributed by atoms with E-state index in [9.17, 15) is 13.6 Å². The van der Waals surface area contributed by atoms with E-state index in [-0.39, 0.29) is 6.61 Å². The maximum atomic E-state index is 12.3. The number of ether oxygens (including phenoxy) is 1. The zero-order chi connectivity index (χ0) is 9.90. The van der Waals surface area contributed by atoms with Gasteiger partial charge in [-0.3, -0.25) is 0 Å². The molecule has 1 aliphatic rings. The zero-order valence-corrected chi connectivity index (χ0v) is 7.69. The highest BCUT2D eigenvalue weighted by molar-refractivity contribution is 5.76. The summed E-state index contributed by atoms with van der Waals surface area (Å²) in [7, 11) is 0. The summed E-state index contributed by atoms with van der Waals surface area (Å²) in [6.45, 7) is 0.715. The normalized spacial score (nSPS) is 19.0. The van der Waals surface area contributed by atoms with Gasteiger partial charge in [0.05, 0.1) is 6.61 Å². The Labute approximate surface area is 76.3 Å². The van der Waals surface area contributed by atoms with Gasteiger partial charge in [0.15, 0.2) is 0 Å². The summed E-state index contributed by atoms with van der Waals surface area (Å²) < 4.78 is 29.1. The Morgan fingerprint density at radius 2 is 2.00 bits per heavy atom. The van der Waals surface area contributed by atoms with Gasteiger partial charge in [-0.15, -0.1) is 0 Å². The van der Waals surface area contributed by atoms with Crippen LogP contribution in [0.3, 0.4) is 0 Å². The van der Waals surface area contributed by atoms with E-state index in [0.717, 1.165) is 25.7 Å². The van der Waals surface area contributed by atoms with Gasteiger partial charge >= 0.3 is 11.9 Å². The first-order valence-electron chi connectivity index (χ1n) is 4.55. The van der Waals surface area contributed by atoms with Crippen LogP contribution in [0.25, 0.3) is 0 Å². The van der Waals surface area contributed by atoms with Gasteiger partial charge in [-0.25, -0.2) is 4.79 Å². The van der Waals surface area contributed by atoms with Crippen molar-refractivity contribution in [2.75, 3.05) is 6.61 Å². The molecule has 0 atom stereocenters. The molecule has 13 heavy (non-hydrogen) atoms. The highest BCUT2D eigenvalue weighted by Crippen LogP contribution is 2.25. The zero-order valence-electron chi connectivity index (χ0n) is 7.69. The van der Waals surface area contributed by atoms with Crippen molar-refractivity contribution in [2.45, 2.75) is 38.5 Å². The third-order valence-corrected chi connectivity index (χ3v) is 2.28. The predicted molar refractivity (Wildman–Crippen MR) is 43.5 cm³/mol. The fraction of sp³-hybridized carbons (Fsp3) is 0.889. The minimum atomic E-state index is -3.35. The van der Waals surface area contributed by atoms with Crippen LogP contribution in [0.15, 0.2) is 0 Å². The van der Waals surface area contributed by atoms with Gasteiger partial charge in [0.25, 0.3) is 0 Å². The van der Waals surface area contributed by atoms with Crippen molar-refractivity contribution in [3.63, 3.8) is 0 Å². The third kappa shape index (κ3) is 3.28. The molecule has 4 heteroatoms. The van der Waals surface area contributed by atoms with E-state index in [0.29, 0.717) is 12.8 Å². The van der Waals surface area contributed by atoms with Gasteiger partial charge in [-0.1, -0.05) is 12.8 Å². The first-order chi connectivity index (χ1) is 6.00. The number of esters is 1. The molecule has 1 saturated carbocycles. The standard InChI is InChI=1S/C9H14F2O2/c1-9(10,11)8(12)13-6-7-4-2-3-5-7/h7H,2-6H2,1H3. The highest BCUT2D eigenvalue weighted by atomic mass is 19.3. The fourth-order valence-corrected chi connectivity index (χ4v) is 1.50. The molecule has 0 aliphatic heterocycles. The smallest absolute Gasteiger partial charge is 0.376 e. The fourth-order valence-electron chi connectivity index (χ4n) is 1.50. The first kappa shape index (κ1) is 10.4. The van der Waals surface area contributed by atoms with E-state index >= 15 is 0 Å². The second-order valence-corrected chi connectivity index (χ2v) is 3.64. The van der Waals surface area contributed by atoms with Gasteiger partial charge < -0.3 is 4.74 Å². The summed E-state index contributed by atoms with van der Waals surface area (Å²) >= 11 is 0. The van der Waals surface area contributed by atoms with Crippen LogP contribution < -0.4 is 0 Å². The van der Waals surface area contributed by atoms with E-state index in [4.69, 9.17) is 0 Å². The number of hydrogen-bond acceptors (Lipinski definition) is 2. The Bertz CT molecular complexity index is 181. The number of carbonyl (C=O) groups excluding carboxylic acids is 1. The van der Waals surface area contributed by atoms with Crippen LogP contribution in [0.1, 0.15) is 32.6 Å². The molecule has 0 aromatic heterocycles. The van der Waals surface area contributed by atoms with E-state index in [2.05, 4.69) is 4.74 Å². The number of carbonyl (C=O) groups is 1. The Hall–Kier alpha value is -0.670.